The Morgan fingerprint density at radius 3 is 2.56 bits per heavy atom. The lowest BCUT2D eigenvalue weighted by Crippen LogP contribution is -2.18. The third-order valence-electron chi connectivity index (χ3n) is 2.73. The number of anilines is 1. The lowest BCUT2D eigenvalue weighted by molar-refractivity contribution is 0.104. The Hall–Kier alpha value is -1.52. The largest absolute Gasteiger partial charge is 0.506 e. The molecule has 0 saturated carbocycles. The number of ketones is 1. The van der Waals surface area contributed by atoms with Crippen LogP contribution in [-0.2, 0) is 0 Å². The number of carbonyl (C=O) groups is 1. The molecule has 0 radical (unpaired) electrons. The lowest BCUT2D eigenvalue weighted by atomic mass is 9.91. The van der Waals surface area contributed by atoms with Crippen LogP contribution < -0.4 is 5.32 Å². The van der Waals surface area contributed by atoms with Gasteiger partial charge in [0.25, 0.3) is 0 Å². The van der Waals surface area contributed by atoms with Crippen molar-refractivity contribution in [1.29, 1.82) is 0 Å². The number of fused-ring (bicyclic) bond motifs is 1. The fourth-order valence-corrected chi connectivity index (χ4v) is 2.28. The number of aliphatic imine (C=N–C) groups is 1. The highest BCUT2D eigenvalue weighted by Crippen LogP contribution is 2.39. The number of allylic oxidation sites excluding steroid dienone is 2. The van der Waals surface area contributed by atoms with Gasteiger partial charge in [0.2, 0.25) is 5.78 Å². The van der Waals surface area contributed by atoms with Crippen molar-refractivity contribution in [2.24, 2.45) is 4.99 Å². The van der Waals surface area contributed by atoms with Crippen LogP contribution in [0.2, 0.25) is 5.02 Å². The van der Waals surface area contributed by atoms with E-state index in [0.29, 0.717) is 17.0 Å². The number of hydrogen-bond donors (Lipinski definition) is 2. The van der Waals surface area contributed by atoms with Gasteiger partial charge in [-0.2, -0.15) is 0 Å². The average molecular weight is 285 g/mol. The van der Waals surface area contributed by atoms with Crippen molar-refractivity contribution in [2.75, 3.05) is 19.4 Å². The van der Waals surface area contributed by atoms with Gasteiger partial charge in [-0.25, -0.2) is 0 Å². The number of rotatable bonds is 1. The van der Waals surface area contributed by atoms with E-state index < -0.39 is 0 Å². The Kier molecular flexibility index (Phi) is 3.32. The molecule has 0 amide bonds. The van der Waals surface area contributed by atoms with Crippen molar-refractivity contribution in [2.45, 2.75) is 0 Å². The summed E-state index contributed by atoms with van der Waals surface area (Å²) in [4.78, 5) is 16.1. The summed E-state index contributed by atoms with van der Waals surface area (Å²) in [6.07, 6.45) is 1.42. The van der Waals surface area contributed by atoms with Crippen molar-refractivity contribution in [3.05, 3.63) is 33.3 Å². The lowest BCUT2D eigenvalue weighted by Gasteiger charge is -2.19. The zero-order valence-electron chi connectivity index (χ0n) is 9.71. The minimum Gasteiger partial charge on any atom is -0.506 e. The Morgan fingerprint density at radius 1 is 1.33 bits per heavy atom. The molecular formula is C12H10Cl2N2O2. The first-order valence-electron chi connectivity index (χ1n) is 5.13. The molecule has 94 valence electrons. The van der Waals surface area contributed by atoms with Crippen molar-refractivity contribution in [3.63, 3.8) is 0 Å². The summed E-state index contributed by atoms with van der Waals surface area (Å²) in [5, 5.41) is 13.1. The van der Waals surface area contributed by atoms with Crippen molar-refractivity contribution in [1.82, 2.24) is 0 Å². The van der Waals surface area contributed by atoms with E-state index in [2.05, 4.69) is 10.3 Å². The molecule has 1 aliphatic rings. The quantitative estimate of drug-likeness (QED) is 0.780. The average Bonchev–Trinajstić information content (AvgIpc) is 2.36. The van der Waals surface area contributed by atoms with Crippen molar-refractivity contribution in [3.8, 4) is 5.75 Å². The second-order valence-electron chi connectivity index (χ2n) is 3.68. The van der Waals surface area contributed by atoms with Gasteiger partial charge in [-0.1, -0.05) is 23.2 Å². The van der Waals surface area contributed by atoms with Crippen LogP contribution in [0.25, 0.3) is 0 Å². The number of phenols is 1. The van der Waals surface area contributed by atoms with Gasteiger partial charge >= 0.3 is 0 Å². The summed E-state index contributed by atoms with van der Waals surface area (Å²) < 4.78 is 0. The molecule has 6 heteroatoms. The molecule has 2 rings (SSSR count). The number of benzene rings is 1. The first-order valence-corrected chi connectivity index (χ1v) is 5.89. The molecule has 0 unspecified atom stereocenters. The molecule has 0 spiro atoms. The number of phenolic OH excluding ortho intramolecular Hbond substituents is 1. The van der Waals surface area contributed by atoms with Crippen LogP contribution in [0.3, 0.4) is 0 Å². The van der Waals surface area contributed by atoms with E-state index in [1.807, 2.05) is 0 Å². The van der Waals surface area contributed by atoms with Gasteiger partial charge in [0.15, 0.2) is 0 Å². The SMILES string of the molecule is CN=C1C=C(Cl)C(=O)c2c(NC)cc(Cl)c(O)c21. The molecule has 0 saturated heterocycles. The van der Waals surface area contributed by atoms with Gasteiger partial charge in [0, 0.05) is 19.8 Å². The van der Waals surface area contributed by atoms with Crippen LogP contribution in [-0.4, -0.2) is 30.7 Å². The number of nitrogens with zero attached hydrogens (tertiary/aromatic N) is 1. The van der Waals surface area contributed by atoms with Crippen LogP contribution in [0.15, 0.2) is 22.2 Å². The summed E-state index contributed by atoms with van der Waals surface area (Å²) in [5.74, 6) is -0.532. The van der Waals surface area contributed by atoms with Gasteiger partial charge in [-0.05, 0) is 12.1 Å². The van der Waals surface area contributed by atoms with Crippen LogP contribution >= 0.6 is 23.2 Å². The summed E-state index contributed by atoms with van der Waals surface area (Å²) in [7, 11) is 3.21. The number of Topliss-reactive ketones (excluding diaryl/α,β-unsaturated/α-hetero) is 1. The predicted octanol–water partition coefficient (Wildman–Crippen LogP) is 2.83. The summed E-state index contributed by atoms with van der Waals surface area (Å²) >= 11 is 11.8. The normalized spacial score (nSPS) is 16.6. The van der Waals surface area contributed by atoms with Crippen LogP contribution in [0.5, 0.6) is 5.75 Å². The second-order valence-corrected chi connectivity index (χ2v) is 4.50. The molecule has 0 atom stereocenters. The Bertz CT molecular complexity index is 607. The Balaban J connectivity index is 2.89. The van der Waals surface area contributed by atoms with E-state index in [1.54, 1.807) is 14.1 Å². The van der Waals surface area contributed by atoms with E-state index in [9.17, 15) is 9.90 Å². The van der Waals surface area contributed by atoms with Gasteiger partial charge in [-0.3, -0.25) is 9.79 Å². The van der Waals surface area contributed by atoms with E-state index in [0.717, 1.165) is 0 Å². The molecule has 4 nitrogen and oxygen atoms in total. The minimum absolute atomic E-state index is 0.0568. The maximum atomic E-state index is 12.1. The first-order chi connectivity index (χ1) is 8.51. The highest BCUT2D eigenvalue weighted by atomic mass is 35.5. The number of aromatic hydroxyl groups is 1. The smallest absolute Gasteiger partial charge is 0.207 e. The van der Waals surface area contributed by atoms with Crippen LogP contribution in [0, 0.1) is 0 Å². The molecule has 0 aromatic heterocycles. The number of nitrogens with one attached hydrogen (secondary N) is 1. The standard InChI is InChI=1S/C12H10Cl2N2O2/c1-15-7-3-5(13)12(18)10-8(16-2)4-6(14)11(17)9(7)10/h3-4,15,18H,1-2H3. The highest BCUT2D eigenvalue weighted by molar-refractivity contribution is 6.50. The van der Waals surface area contributed by atoms with Gasteiger partial charge in [0.1, 0.15) is 5.75 Å². The van der Waals surface area contributed by atoms with E-state index in [-0.39, 0.29) is 27.2 Å². The Morgan fingerprint density at radius 2 is 2.00 bits per heavy atom. The van der Waals surface area contributed by atoms with Crippen molar-refractivity contribution < 1.29 is 9.90 Å². The highest BCUT2D eigenvalue weighted by Gasteiger charge is 2.30. The topological polar surface area (TPSA) is 61.7 Å². The van der Waals surface area contributed by atoms with Gasteiger partial charge in [-0.15, -0.1) is 0 Å². The summed E-state index contributed by atoms with van der Waals surface area (Å²) in [6.45, 7) is 0. The third kappa shape index (κ3) is 1.78. The zero-order valence-corrected chi connectivity index (χ0v) is 11.2. The minimum atomic E-state index is -0.365. The molecular weight excluding hydrogens is 275 g/mol. The van der Waals surface area contributed by atoms with Crippen LogP contribution in [0.4, 0.5) is 5.69 Å². The molecule has 1 aliphatic carbocycles. The zero-order chi connectivity index (χ0) is 13.4. The fourth-order valence-electron chi connectivity index (χ4n) is 1.88. The number of carbonyl (C=O) groups excluding carboxylic acids is 1. The number of hydrogen-bond acceptors (Lipinski definition) is 4. The monoisotopic (exact) mass is 284 g/mol. The molecule has 0 bridgehead atoms. The second kappa shape index (κ2) is 4.63. The van der Waals surface area contributed by atoms with E-state index in [1.165, 1.54) is 12.1 Å². The molecule has 1 aromatic carbocycles. The first kappa shape index (κ1) is 12.9. The third-order valence-corrected chi connectivity index (χ3v) is 3.30. The molecule has 18 heavy (non-hydrogen) atoms. The van der Waals surface area contributed by atoms with Gasteiger partial charge < -0.3 is 10.4 Å². The van der Waals surface area contributed by atoms with Crippen molar-refractivity contribution >= 4 is 40.4 Å². The molecule has 2 N–H and O–H groups in total. The summed E-state index contributed by atoms with van der Waals surface area (Å²) in [5.41, 5.74) is 1.52. The summed E-state index contributed by atoms with van der Waals surface area (Å²) in [6, 6.07) is 1.48. The molecule has 1 aromatic rings. The van der Waals surface area contributed by atoms with E-state index in [4.69, 9.17) is 23.2 Å². The molecule has 0 aliphatic heterocycles. The fraction of sp³-hybridized carbons (Fsp3) is 0.167. The molecule has 0 heterocycles. The number of halogens is 2. The van der Waals surface area contributed by atoms with E-state index >= 15 is 0 Å². The maximum Gasteiger partial charge on any atom is 0.207 e. The maximum absolute atomic E-state index is 12.1. The predicted molar refractivity (Wildman–Crippen MR) is 73.4 cm³/mol. The van der Waals surface area contributed by atoms with Gasteiger partial charge in [0.05, 0.1) is 26.9 Å². The Labute approximate surface area is 114 Å². The van der Waals surface area contributed by atoms with Crippen LogP contribution in [0.1, 0.15) is 15.9 Å². The molecule has 0 fully saturated rings.